The Hall–Kier alpha value is -3.22. The first-order valence-corrected chi connectivity index (χ1v) is 6.87. The lowest BCUT2D eigenvalue weighted by atomic mass is 10.1. The van der Waals surface area contributed by atoms with Crippen LogP contribution in [-0.4, -0.2) is 27.7 Å². The second kappa shape index (κ2) is 5.20. The molecule has 6 nitrogen and oxygen atoms in total. The highest BCUT2D eigenvalue weighted by Gasteiger charge is 2.22. The van der Waals surface area contributed by atoms with Crippen molar-refractivity contribution in [1.82, 2.24) is 20.6 Å². The zero-order chi connectivity index (χ0) is 15.8. The summed E-state index contributed by atoms with van der Waals surface area (Å²) in [5.74, 6) is 0.767. The molecule has 0 aliphatic carbocycles. The number of aromatic nitrogens is 4. The first-order valence-electron chi connectivity index (χ1n) is 6.87. The number of hydrogen-bond acceptors (Lipinski definition) is 5. The molecule has 2 heterocycles. The Morgan fingerprint density at radius 1 is 1.04 bits per heavy atom. The number of halogens is 1. The third-order valence-corrected chi connectivity index (χ3v) is 3.57. The molecule has 2 aromatic carbocycles. The number of aromatic amines is 1. The average molecular weight is 310 g/mol. The minimum atomic E-state index is -0.314. The van der Waals surface area contributed by atoms with E-state index in [1.165, 1.54) is 12.1 Å². The first kappa shape index (κ1) is 13.4. The zero-order valence-electron chi connectivity index (χ0n) is 12.1. The van der Waals surface area contributed by atoms with Gasteiger partial charge in [-0.3, -0.25) is 0 Å². The highest BCUT2D eigenvalue weighted by Crippen LogP contribution is 2.37. The summed E-state index contributed by atoms with van der Waals surface area (Å²) in [5.41, 5.74) is 2.42. The predicted molar refractivity (Wildman–Crippen MR) is 81.3 cm³/mol. The van der Waals surface area contributed by atoms with Gasteiger partial charge in [-0.15, -0.1) is 0 Å². The molecule has 0 radical (unpaired) electrons. The topological polar surface area (TPSA) is 76.8 Å². The lowest BCUT2D eigenvalue weighted by Gasteiger charge is -2.02. The van der Waals surface area contributed by atoms with Gasteiger partial charge in [-0.05, 0) is 36.4 Å². The fraction of sp³-hybridized carbons (Fsp3) is 0.0625. The van der Waals surface area contributed by atoms with Crippen LogP contribution in [0.3, 0.4) is 0 Å². The van der Waals surface area contributed by atoms with Crippen molar-refractivity contribution in [2.75, 3.05) is 7.11 Å². The Balaban J connectivity index is 1.93. The summed E-state index contributed by atoms with van der Waals surface area (Å²) in [6.07, 6.45) is 0. The van der Waals surface area contributed by atoms with E-state index in [0.717, 1.165) is 5.56 Å². The van der Waals surface area contributed by atoms with E-state index in [9.17, 15) is 4.39 Å². The molecule has 0 bridgehead atoms. The van der Waals surface area contributed by atoms with Gasteiger partial charge in [-0.25, -0.2) is 4.39 Å². The zero-order valence-corrected chi connectivity index (χ0v) is 12.1. The molecule has 0 saturated carbocycles. The third kappa shape index (κ3) is 2.13. The highest BCUT2D eigenvalue weighted by atomic mass is 19.1. The quantitative estimate of drug-likeness (QED) is 0.627. The van der Waals surface area contributed by atoms with Gasteiger partial charge in [-0.2, -0.15) is 15.4 Å². The van der Waals surface area contributed by atoms with E-state index in [0.29, 0.717) is 33.8 Å². The molecule has 2 aromatic heterocycles. The summed E-state index contributed by atoms with van der Waals surface area (Å²) in [4.78, 5) is 0. The number of rotatable bonds is 3. The minimum absolute atomic E-state index is 0.314. The minimum Gasteiger partial charge on any atom is -0.496 e. The van der Waals surface area contributed by atoms with Crippen LogP contribution in [0, 0.1) is 5.82 Å². The molecule has 0 aliphatic heterocycles. The van der Waals surface area contributed by atoms with E-state index in [-0.39, 0.29) is 5.82 Å². The van der Waals surface area contributed by atoms with Crippen LogP contribution in [0.15, 0.2) is 47.0 Å². The number of methoxy groups -OCH3 is 1. The van der Waals surface area contributed by atoms with Crippen molar-refractivity contribution in [1.29, 1.82) is 0 Å². The average Bonchev–Trinajstić information content (AvgIpc) is 3.21. The van der Waals surface area contributed by atoms with Gasteiger partial charge in [0.2, 0.25) is 5.76 Å². The Kier molecular flexibility index (Phi) is 3.04. The van der Waals surface area contributed by atoms with Gasteiger partial charge in [0.05, 0.1) is 12.5 Å². The molecule has 0 spiro atoms. The summed E-state index contributed by atoms with van der Waals surface area (Å²) >= 11 is 0. The molecule has 7 heteroatoms. The van der Waals surface area contributed by atoms with Crippen LogP contribution in [-0.2, 0) is 0 Å². The highest BCUT2D eigenvalue weighted by molar-refractivity contribution is 5.98. The molecule has 4 aromatic rings. The van der Waals surface area contributed by atoms with Crippen molar-refractivity contribution in [3.05, 3.63) is 48.3 Å². The van der Waals surface area contributed by atoms with Crippen molar-refractivity contribution in [3.63, 3.8) is 0 Å². The van der Waals surface area contributed by atoms with Crippen molar-refractivity contribution < 1.29 is 13.7 Å². The van der Waals surface area contributed by atoms with Crippen molar-refractivity contribution in [3.8, 4) is 28.5 Å². The van der Waals surface area contributed by atoms with Crippen LogP contribution in [0.25, 0.3) is 33.6 Å². The summed E-state index contributed by atoms with van der Waals surface area (Å²) in [7, 11) is 1.58. The largest absolute Gasteiger partial charge is 0.496 e. The van der Waals surface area contributed by atoms with Crippen molar-refractivity contribution in [2.45, 2.75) is 0 Å². The molecule has 0 unspecified atom stereocenters. The monoisotopic (exact) mass is 310 g/mol. The summed E-state index contributed by atoms with van der Waals surface area (Å²) in [5, 5.41) is 15.6. The van der Waals surface area contributed by atoms with Crippen LogP contribution in [0.1, 0.15) is 0 Å². The third-order valence-electron chi connectivity index (χ3n) is 3.57. The maximum atomic E-state index is 13.1. The first-order chi connectivity index (χ1) is 11.3. The van der Waals surface area contributed by atoms with E-state index >= 15 is 0 Å². The number of fused-ring (bicyclic) bond motifs is 1. The van der Waals surface area contributed by atoms with E-state index in [2.05, 4.69) is 20.6 Å². The van der Waals surface area contributed by atoms with Crippen LogP contribution in [0.2, 0.25) is 0 Å². The molecule has 4 rings (SSSR count). The predicted octanol–water partition coefficient (Wildman–Crippen LogP) is 3.43. The van der Waals surface area contributed by atoms with Crippen LogP contribution in [0.4, 0.5) is 4.39 Å². The molecule has 1 N–H and O–H groups in total. The van der Waals surface area contributed by atoms with E-state index < -0.39 is 0 Å². The second-order valence-corrected chi connectivity index (χ2v) is 4.89. The van der Waals surface area contributed by atoms with Crippen LogP contribution < -0.4 is 4.74 Å². The number of H-pyrrole nitrogens is 1. The van der Waals surface area contributed by atoms with E-state index in [1.807, 2.05) is 18.2 Å². The molecule has 0 aliphatic rings. The lowest BCUT2D eigenvalue weighted by molar-refractivity contribution is 0.418. The van der Waals surface area contributed by atoms with Crippen LogP contribution in [0.5, 0.6) is 5.75 Å². The van der Waals surface area contributed by atoms with Crippen molar-refractivity contribution >= 4 is 10.9 Å². The Labute approximate surface area is 129 Å². The number of ether oxygens (including phenoxy) is 1. The standard InChI is InChI=1S/C16H11FN4O2/c1-22-12-4-2-3-11-13(12)16(23-20-11)15-14(18-21-19-15)9-5-7-10(17)8-6-9/h2-8H,1H3,(H,18,19,21). The molecular weight excluding hydrogens is 299 g/mol. The van der Waals surface area contributed by atoms with Crippen LogP contribution >= 0.6 is 0 Å². The smallest absolute Gasteiger partial charge is 0.200 e. The fourth-order valence-corrected chi connectivity index (χ4v) is 2.49. The van der Waals surface area contributed by atoms with Crippen molar-refractivity contribution in [2.24, 2.45) is 0 Å². The summed E-state index contributed by atoms with van der Waals surface area (Å²) in [6.45, 7) is 0. The Morgan fingerprint density at radius 2 is 1.83 bits per heavy atom. The van der Waals surface area contributed by atoms with Gasteiger partial charge in [0.15, 0.2) is 5.69 Å². The van der Waals surface area contributed by atoms with Gasteiger partial charge in [0.1, 0.15) is 22.8 Å². The maximum Gasteiger partial charge on any atom is 0.200 e. The second-order valence-electron chi connectivity index (χ2n) is 4.89. The molecule has 0 amide bonds. The molecular formula is C16H11FN4O2. The van der Waals surface area contributed by atoms with E-state index in [4.69, 9.17) is 9.26 Å². The van der Waals surface area contributed by atoms with E-state index in [1.54, 1.807) is 19.2 Å². The number of benzene rings is 2. The van der Waals surface area contributed by atoms with Gasteiger partial charge in [0, 0.05) is 5.56 Å². The molecule has 0 fully saturated rings. The summed E-state index contributed by atoms with van der Waals surface area (Å²) in [6, 6.07) is 11.5. The Bertz CT molecular complexity index is 975. The van der Waals surface area contributed by atoms with Gasteiger partial charge in [0.25, 0.3) is 0 Å². The van der Waals surface area contributed by atoms with Gasteiger partial charge >= 0.3 is 0 Å². The molecule has 0 atom stereocenters. The van der Waals surface area contributed by atoms with Gasteiger partial charge in [-0.1, -0.05) is 11.2 Å². The molecule has 114 valence electrons. The fourth-order valence-electron chi connectivity index (χ4n) is 2.49. The molecule has 23 heavy (non-hydrogen) atoms. The SMILES string of the molecule is COc1cccc2noc(-c3n[nH]nc3-c3ccc(F)cc3)c12. The van der Waals surface area contributed by atoms with Gasteiger partial charge < -0.3 is 9.26 Å². The number of nitrogens with one attached hydrogen (secondary N) is 1. The number of hydrogen-bond donors (Lipinski definition) is 1. The number of nitrogens with zero attached hydrogens (tertiary/aromatic N) is 3. The Morgan fingerprint density at radius 3 is 2.61 bits per heavy atom. The lowest BCUT2D eigenvalue weighted by Crippen LogP contribution is -1.87. The maximum absolute atomic E-state index is 13.1. The summed E-state index contributed by atoms with van der Waals surface area (Å²) < 4.78 is 24.0. The normalized spacial score (nSPS) is 11.0. The molecule has 0 saturated heterocycles.